The fraction of sp³-hybridized carbons (Fsp3) is 0.350. The number of fused-ring (bicyclic) bond motifs is 2. The van der Waals surface area contributed by atoms with Crippen LogP contribution in [-0.2, 0) is 16.1 Å². The minimum atomic E-state index is -0.602. The molecule has 29 heavy (non-hydrogen) atoms. The van der Waals surface area contributed by atoms with Crippen LogP contribution >= 0.6 is 11.3 Å². The van der Waals surface area contributed by atoms with Crippen LogP contribution in [0.5, 0.6) is 5.75 Å². The van der Waals surface area contributed by atoms with Crippen molar-refractivity contribution in [2.45, 2.75) is 12.6 Å². The summed E-state index contributed by atoms with van der Waals surface area (Å²) in [5.74, 6) is 0.633. The lowest BCUT2D eigenvalue weighted by Gasteiger charge is -2.38. The third-order valence-corrected chi connectivity index (χ3v) is 5.93. The van der Waals surface area contributed by atoms with Gasteiger partial charge in [0.2, 0.25) is 0 Å². The predicted octanol–water partition coefficient (Wildman–Crippen LogP) is 1.38. The second kappa shape index (κ2) is 7.49. The summed E-state index contributed by atoms with van der Waals surface area (Å²) in [6.45, 7) is 3.08. The standard InChI is InChI=1S/C20H20N4O4S/c25-18-11-14(21-20-24(18)7-10-29-20)12-23-13-17(19(26)22-5-8-27-9-6-22)28-16-4-2-1-3-15(16)23/h1-4,7,10-11,17H,5-6,8-9,12-13H2/t17-/m1/s1. The second-order valence-corrected chi connectivity index (χ2v) is 7.91. The van der Waals surface area contributed by atoms with Crippen LogP contribution in [0.15, 0.2) is 46.7 Å². The first-order valence-electron chi connectivity index (χ1n) is 9.52. The van der Waals surface area contributed by atoms with Crippen LogP contribution in [-0.4, -0.2) is 59.1 Å². The first-order valence-corrected chi connectivity index (χ1v) is 10.4. The van der Waals surface area contributed by atoms with E-state index in [1.807, 2.05) is 29.6 Å². The van der Waals surface area contributed by atoms with Gasteiger partial charge in [-0.2, -0.15) is 0 Å². The number of nitrogens with zero attached hydrogens (tertiary/aromatic N) is 4. The van der Waals surface area contributed by atoms with Crippen molar-refractivity contribution >= 4 is 27.9 Å². The number of para-hydroxylation sites is 2. The number of rotatable bonds is 3. The molecule has 9 heteroatoms. The molecule has 0 unspecified atom stereocenters. The van der Waals surface area contributed by atoms with Crippen LogP contribution in [0, 0.1) is 0 Å². The van der Waals surface area contributed by atoms with E-state index in [1.54, 1.807) is 17.2 Å². The summed E-state index contributed by atoms with van der Waals surface area (Å²) < 4.78 is 12.9. The highest BCUT2D eigenvalue weighted by molar-refractivity contribution is 7.15. The van der Waals surface area contributed by atoms with Crippen molar-refractivity contribution in [1.82, 2.24) is 14.3 Å². The molecular formula is C20H20N4O4S. The number of morpholine rings is 1. The first-order chi connectivity index (χ1) is 14.2. The Bertz CT molecular complexity index is 1110. The SMILES string of the molecule is O=C([C@H]1CN(Cc2cc(=O)n3ccsc3n2)c2ccccc2O1)N1CCOCC1. The molecule has 1 saturated heterocycles. The van der Waals surface area contributed by atoms with Crippen LogP contribution in [0.25, 0.3) is 4.96 Å². The number of hydrogen-bond donors (Lipinski definition) is 0. The molecule has 1 amide bonds. The lowest BCUT2D eigenvalue weighted by molar-refractivity contribution is -0.142. The molecule has 1 atom stereocenters. The molecule has 3 aromatic rings. The lowest BCUT2D eigenvalue weighted by atomic mass is 10.1. The van der Waals surface area contributed by atoms with Gasteiger partial charge in [0.1, 0.15) is 5.75 Å². The van der Waals surface area contributed by atoms with Crippen molar-refractivity contribution in [3.05, 3.63) is 58.0 Å². The van der Waals surface area contributed by atoms with E-state index in [1.165, 1.54) is 15.7 Å². The Morgan fingerprint density at radius 2 is 2.07 bits per heavy atom. The van der Waals surface area contributed by atoms with E-state index in [4.69, 9.17) is 9.47 Å². The zero-order chi connectivity index (χ0) is 19.8. The van der Waals surface area contributed by atoms with Gasteiger partial charge in [0.15, 0.2) is 11.1 Å². The Morgan fingerprint density at radius 3 is 2.93 bits per heavy atom. The molecule has 0 saturated carbocycles. The van der Waals surface area contributed by atoms with Crippen LogP contribution in [0.4, 0.5) is 5.69 Å². The smallest absolute Gasteiger partial charge is 0.265 e. The number of hydrogen-bond acceptors (Lipinski definition) is 7. The molecule has 0 bridgehead atoms. The summed E-state index contributed by atoms with van der Waals surface area (Å²) in [4.78, 5) is 34.5. The topological polar surface area (TPSA) is 76.4 Å². The van der Waals surface area contributed by atoms with E-state index >= 15 is 0 Å². The zero-order valence-corrected chi connectivity index (χ0v) is 16.5. The maximum Gasteiger partial charge on any atom is 0.265 e. The normalized spacial score (nSPS) is 19.1. The van der Waals surface area contributed by atoms with Gasteiger partial charge >= 0.3 is 0 Å². The van der Waals surface area contributed by atoms with Crippen molar-refractivity contribution in [2.24, 2.45) is 0 Å². The largest absolute Gasteiger partial charge is 0.477 e. The third-order valence-electron chi connectivity index (χ3n) is 5.17. The average molecular weight is 412 g/mol. The van der Waals surface area contributed by atoms with Crippen LogP contribution < -0.4 is 15.2 Å². The highest BCUT2D eigenvalue weighted by Gasteiger charge is 2.34. The van der Waals surface area contributed by atoms with E-state index in [0.29, 0.717) is 55.8 Å². The summed E-state index contributed by atoms with van der Waals surface area (Å²) >= 11 is 1.42. The molecule has 0 N–H and O–H groups in total. The minimum Gasteiger partial charge on any atom is -0.477 e. The molecule has 2 aromatic heterocycles. The van der Waals surface area contributed by atoms with Gasteiger partial charge in [-0.15, -0.1) is 11.3 Å². The molecule has 8 nitrogen and oxygen atoms in total. The molecule has 4 heterocycles. The van der Waals surface area contributed by atoms with Gasteiger partial charge in [0.25, 0.3) is 11.5 Å². The zero-order valence-electron chi connectivity index (χ0n) is 15.7. The Hall–Kier alpha value is -2.91. The monoisotopic (exact) mass is 412 g/mol. The maximum atomic E-state index is 13.0. The lowest BCUT2D eigenvalue weighted by Crippen LogP contribution is -2.52. The Labute approximate surface area is 170 Å². The number of thiazole rings is 1. The summed E-state index contributed by atoms with van der Waals surface area (Å²) in [6, 6.07) is 9.20. The number of anilines is 1. The molecule has 0 radical (unpaired) electrons. The number of benzene rings is 1. The summed E-state index contributed by atoms with van der Waals surface area (Å²) in [5, 5.41) is 1.84. The molecule has 2 aliphatic rings. The van der Waals surface area contributed by atoms with Crippen LogP contribution in [0.1, 0.15) is 5.69 Å². The fourth-order valence-corrected chi connectivity index (χ4v) is 4.48. The second-order valence-electron chi connectivity index (χ2n) is 7.03. The quantitative estimate of drug-likeness (QED) is 0.647. The van der Waals surface area contributed by atoms with Gasteiger partial charge in [0.05, 0.1) is 37.7 Å². The number of ether oxygens (including phenoxy) is 2. The van der Waals surface area contributed by atoms with Crippen molar-refractivity contribution < 1.29 is 14.3 Å². The highest BCUT2D eigenvalue weighted by Crippen LogP contribution is 2.34. The van der Waals surface area contributed by atoms with E-state index in [2.05, 4.69) is 9.88 Å². The summed E-state index contributed by atoms with van der Waals surface area (Å²) in [7, 11) is 0. The van der Waals surface area contributed by atoms with Gasteiger partial charge in [0, 0.05) is 30.7 Å². The molecule has 0 spiro atoms. The Morgan fingerprint density at radius 1 is 1.24 bits per heavy atom. The van der Waals surface area contributed by atoms with Crippen LogP contribution in [0.3, 0.4) is 0 Å². The fourth-order valence-electron chi connectivity index (χ4n) is 3.74. The number of carbonyl (C=O) groups excluding carboxylic acids is 1. The van der Waals surface area contributed by atoms with Crippen molar-refractivity contribution in [3.8, 4) is 5.75 Å². The summed E-state index contributed by atoms with van der Waals surface area (Å²) in [6.07, 6.45) is 1.12. The molecule has 150 valence electrons. The van der Waals surface area contributed by atoms with E-state index in [-0.39, 0.29) is 11.5 Å². The summed E-state index contributed by atoms with van der Waals surface area (Å²) in [5.41, 5.74) is 1.46. The van der Waals surface area contributed by atoms with Gasteiger partial charge in [-0.05, 0) is 12.1 Å². The van der Waals surface area contributed by atoms with E-state index in [9.17, 15) is 9.59 Å². The molecule has 2 aliphatic heterocycles. The molecule has 1 aromatic carbocycles. The van der Waals surface area contributed by atoms with Gasteiger partial charge in [-0.25, -0.2) is 4.98 Å². The number of carbonyl (C=O) groups is 1. The average Bonchev–Trinajstić information content (AvgIpc) is 3.23. The van der Waals surface area contributed by atoms with Crippen molar-refractivity contribution in [3.63, 3.8) is 0 Å². The Balaban J connectivity index is 1.44. The van der Waals surface area contributed by atoms with Crippen LogP contribution in [0.2, 0.25) is 0 Å². The molecule has 1 fully saturated rings. The molecular weight excluding hydrogens is 392 g/mol. The predicted molar refractivity (Wildman–Crippen MR) is 109 cm³/mol. The van der Waals surface area contributed by atoms with Crippen molar-refractivity contribution in [2.75, 3.05) is 37.7 Å². The van der Waals surface area contributed by atoms with E-state index in [0.717, 1.165) is 5.69 Å². The van der Waals surface area contributed by atoms with Gasteiger partial charge in [-0.1, -0.05) is 12.1 Å². The van der Waals surface area contributed by atoms with Crippen molar-refractivity contribution in [1.29, 1.82) is 0 Å². The van der Waals surface area contributed by atoms with Gasteiger partial charge in [-0.3, -0.25) is 14.0 Å². The van der Waals surface area contributed by atoms with Gasteiger partial charge < -0.3 is 19.3 Å². The number of amides is 1. The first kappa shape index (κ1) is 18.1. The highest BCUT2D eigenvalue weighted by atomic mass is 32.1. The Kier molecular flexibility index (Phi) is 4.69. The third kappa shape index (κ3) is 3.47. The van der Waals surface area contributed by atoms with E-state index < -0.39 is 6.10 Å². The number of aromatic nitrogens is 2. The molecule has 0 aliphatic carbocycles. The molecule has 5 rings (SSSR count). The maximum absolute atomic E-state index is 13.0. The minimum absolute atomic E-state index is 0.0328.